The lowest BCUT2D eigenvalue weighted by Gasteiger charge is -2.12. The van der Waals surface area contributed by atoms with E-state index in [1.54, 1.807) is 6.33 Å². The Hall–Kier alpha value is -1.47. The number of hydrogen-bond acceptors (Lipinski definition) is 5. The Kier molecular flexibility index (Phi) is 4.27. The topological polar surface area (TPSA) is 89.3 Å². The van der Waals surface area contributed by atoms with E-state index in [9.17, 15) is 4.79 Å². The first kappa shape index (κ1) is 13.0. The summed E-state index contributed by atoms with van der Waals surface area (Å²) in [4.78, 5) is 10.7. The molecule has 1 aromatic heterocycles. The van der Waals surface area contributed by atoms with Crippen molar-refractivity contribution in [2.24, 2.45) is 0 Å². The van der Waals surface area contributed by atoms with Crippen LogP contribution in [0, 0.1) is 0 Å². The highest BCUT2D eigenvalue weighted by molar-refractivity contribution is 5.72. The minimum atomic E-state index is -0.872. The summed E-state index contributed by atoms with van der Waals surface area (Å²) in [5, 5.41) is 19.9. The molecular weight excluding hydrogens is 236 g/mol. The average molecular weight is 254 g/mol. The molecule has 100 valence electrons. The molecule has 1 aliphatic rings. The van der Waals surface area contributed by atoms with Gasteiger partial charge in [0.05, 0.1) is 12.6 Å². The van der Waals surface area contributed by atoms with Crippen LogP contribution >= 0.6 is 0 Å². The normalized spacial score (nSPS) is 23.4. The third-order valence-corrected chi connectivity index (χ3v) is 3.07. The highest BCUT2D eigenvalue weighted by Gasteiger charge is 2.29. The van der Waals surface area contributed by atoms with E-state index >= 15 is 0 Å². The zero-order valence-electron chi connectivity index (χ0n) is 10.4. The Balaban J connectivity index is 1.72. The van der Waals surface area contributed by atoms with Crippen LogP contribution < -0.4 is 5.32 Å². The standard InChI is InChI=1S/C11H18N4O3/c1-2-15-7-13-14-10(15)6-12-5-8-3-4-9(18-8)11(16)17/h7-9,12H,2-6H2,1H3,(H,16,17). The van der Waals surface area contributed by atoms with Crippen LogP contribution in [0.15, 0.2) is 6.33 Å². The first-order valence-electron chi connectivity index (χ1n) is 6.16. The maximum absolute atomic E-state index is 10.7. The lowest BCUT2D eigenvalue weighted by atomic mass is 10.2. The summed E-state index contributed by atoms with van der Waals surface area (Å²) >= 11 is 0. The molecule has 7 nitrogen and oxygen atoms in total. The van der Waals surface area contributed by atoms with Crippen LogP contribution in [-0.2, 0) is 22.6 Å². The third-order valence-electron chi connectivity index (χ3n) is 3.07. The van der Waals surface area contributed by atoms with Crippen molar-refractivity contribution >= 4 is 5.97 Å². The number of nitrogens with zero attached hydrogens (tertiary/aromatic N) is 3. The number of ether oxygens (including phenoxy) is 1. The van der Waals surface area contributed by atoms with Crippen LogP contribution in [0.2, 0.25) is 0 Å². The van der Waals surface area contributed by atoms with Gasteiger partial charge in [0, 0.05) is 13.1 Å². The van der Waals surface area contributed by atoms with E-state index in [0.29, 0.717) is 19.5 Å². The molecule has 1 fully saturated rings. The Labute approximate surface area is 105 Å². The van der Waals surface area contributed by atoms with Gasteiger partial charge in [-0.25, -0.2) is 4.79 Å². The number of aliphatic carboxylic acids is 1. The second-order valence-electron chi connectivity index (χ2n) is 4.33. The van der Waals surface area contributed by atoms with Gasteiger partial charge in [0.2, 0.25) is 0 Å². The quantitative estimate of drug-likeness (QED) is 0.744. The van der Waals surface area contributed by atoms with Crippen LogP contribution in [0.5, 0.6) is 0 Å². The van der Waals surface area contributed by atoms with Crippen molar-refractivity contribution in [3.63, 3.8) is 0 Å². The van der Waals surface area contributed by atoms with Gasteiger partial charge < -0.3 is 19.7 Å². The van der Waals surface area contributed by atoms with Crippen molar-refractivity contribution in [1.82, 2.24) is 20.1 Å². The molecule has 0 bridgehead atoms. The number of hydrogen-bond donors (Lipinski definition) is 2. The minimum Gasteiger partial charge on any atom is -0.479 e. The van der Waals surface area contributed by atoms with Gasteiger partial charge in [0.1, 0.15) is 12.2 Å². The summed E-state index contributed by atoms with van der Waals surface area (Å²) in [6, 6.07) is 0. The summed E-state index contributed by atoms with van der Waals surface area (Å²) < 4.78 is 7.35. The second kappa shape index (κ2) is 5.92. The van der Waals surface area contributed by atoms with Crippen molar-refractivity contribution in [2.75, 3.05) is 6.54 Å². The highest BCUT2D eigenvalue weighted by Crippen LogP contribution is 2.19. The van der Waals surface area contributed by atoms with Crippen LogP contribution in [0.25, 0.3) is 0 Å². The van der Waals surface area contributed by atoms with Gasteiger partial charge in [0.15, 0.2) is 6.10 Å². The number of carboxylic acids is 1. The van der Waals surface area contributed by atoms with Gasteiger partial charge in [-0.1, -0.05) is 0 Å². The molecule has 0 radical (unpaired) electrons. The monoisotopic (exact) mass is 254 g/mol. The van der Waals surface area contributed by atoms with E-state index in [4.69, 9.17) is 9.84 Å². The molecule has 2 heterocycles. The van der Waals surface area contributed by atoms with Gasteiger partial charge in [-0.15, -0.1) is 10.2 Å². The second-order valence-corrected chi connectivity index (χ2v) is 4.33. The van der Waals surface area contributed by atoms with Crippen molar-refractivity contribution < 1.29 is 14.6 Å². The maximum Gasteiger partial charge on any atom is 0.332 e. The van der Waals surface area contributed by atoms with E-state index in [-0.39, 0.29) is 6.10 Å². The van der Waals surface area contributed by atoms with E-state index < -0.39 is 12.1 Å². The van der Waals surface area contributed by atoms with E-state index in [1.165, 1.54) is 0 Å². The van der Waals surface area contributed by atoms with Gasteiger partial charge in [-0.2, -0.15) is 0 Å². The molecule has 1 aromatic rings. The first-order valence-corrected chi connectivity index (χ1v) is 6.16. The fourth-order valence-corrected chi connectivity index (χ4v) is 2.06. The lowest BCUT2D eigenvalue weighted by Crippen LogP contribution is -2.29. The first-order chi connectivity index (χ1) is 8.70. The molecule has 0 aromatic carbocycles. The predicted octanol–water partition coefficient (Wildman–Crippen LogP) is 0.0198. The van der Waals surface area contributed by atoms with Gasteiger partial charge >= 0.3 is 5.97 Å². The number of aryl methyl sites for hydroxylation is 1. The molecule has 1 saturated heterocycles. The molecule has 0 saturated carbocycles. The minimum absolute atomic E-state index is 0.0240. The van der Waals surface area contributed by atoms with Crippen LogP contribution in [-0.4, -0.2) is 44.6 Å². The average Bonchev–Trinajstić information content (AvgIpc) is 2.97. The number of aromatic nitrogens is 3. The van der Waals surface area contributed by atoms with Crippen molar-refractivity contribution in [3.8, 4) is 0 Å². The zero-order valence-corrected chi connectivity index (χ0v) is 10.4. The molecule has 18 heavy (non-hydrogen) atoms. The van der Waals surface area contributed by atoms with E-state index in [0.717, 1.165) is 18.8 Å². The van der Waals surface area contributed by atoms with Gasteiger partial charge in [-0.3, -0.25) is 0 Å². The van der Waals surface area contributed by atoms with Gasteiger partial charge in [0.25, 0.3) is 0 Å². The summed E-state index contributed by atoms with van der Waals surface area (Å²) in [7, 11) is 0. The summed E-state index contributed by atoms with van der Waals surface area (Å²) in [5.74, 6) is 0.00788. The Morgan fingerprint density at radius 3 is 3.17 bits per heavy atom. The molecule has 2 N–H and O–H groups in total. The third kappa shape index (κ3) is 3.05. The van der Waals surface area contributed by atoms with Crippen molar-refractivity contribution in [2.45, 2.75) is 45.1 Å². The number of carboxylic acid groups (broad SMARTS) is 1. The van der Waals surface area contributed by atoms with E-state index in [1.807, 2.05) is 11.5 Å². The molecule has 0 aliphatic carbocycles. The molecule has 0 amide bonds. The zero-order chi connectivity index (χ0) is 13.0. The number of nitrogens with one attached hydrogen (secondary N) is 1. The molecule has 1 aliphatic heterocycles. The summed E-state index contributed by atoms with van der Waals surface area (Å²) in [6.07, 6.45) is 2.40. The maximum atomic E-state index is 10.7. The number of carbonyl (C=O) groups is 1. The van der Waals surface area contributed by atoms with Gasteiger partial charge in [-0.05, 0) is 19.8 Å². The SMILES string of the molecule is CCn1cnnc1CNCC1CCC(C(=O)O)O1. The Bertz CT molecular complexity index is 407. The molecular formula is C11H18N4O3. The number of rotatable bonds is 6. The molecule has 2 rings (SSSR count). The van der Waals surface area contributed by atoms with Crippen molar-refractivity contribution in [1.29, 1.82) is 0 Å². The predicted molar refractivity (Wildman–Crippen MR) is 62.9 cm³/mol. The van der Waals surface area contributed by atoms with Crippen LogP contribution in [0.1, 0.15) is 25.6 Å². The summed E-state index contributed by atoms with van der Waals surface area (Å²) in [6.45, 7) is 4.13. The Morgan fingerprint density at radius 2 is 2.50 bits per heavy atom. The fourth-order valence-electron chi connectivity index (χ4n) is 2.06. The fraction of sp³-hybridized carbons (Fsp3) is 0.727. The highest BCUT2D eigenvalue weighted by atomic mass is 16.5. The molecule has 7 heteroatoms. The molecule has 2 unspecified atom stereocenters. The van der Waals surface area contributed by atoms with Crippen LogP contribution in [0.4, 0.5) is 0 Å². The largest absolute Gasteiger partial charge is 0.479 e. The van der Waals surface area contributed by atoms with Crippen LogP contribution in [0.3, 0.4) is 0 Å². The smallest absolute Gasteiger partial charge is 0.332 e. The van der Waals surface area contributed by atoms with E-state index in [2.05, 4.69) is 15.5 Å². The van der Waals surface area contributed by atoms with Crippen molar-refractivity contribution in [3.05, 3.63) is 12.2 Å². The molecule has 2 atom stereocenters. The molecule has 0 spiro atoms. The summed E-state index contributed by atoms with van der Waals surface area (Å²) in [5.41, 5.74) is 0. The Morgan fingerprint density at radius 1 is 1.67 bits per heavy atom. The lowest BCUT2D eigenvalue weighted by molar-refractivity contribution is -0.149.